The molecule has 6 nitrogen and oxygen atoms in total. The molecule has 8 heteroatoms. The highest BCUT2D eigenvalue weighted by Gasteiger charge is 2.52. The number of allylic oxidation sites excluding steroid dienone is 1. The first-order valence-electron chi connectivity index (χ1n) is 16.6. The second-order valence-corrected chi connectivity index (χ2v) is 20.5. The first-order valence-corrected chi connectivity index (χ1v) is 20.3. The van der Waals surface area contributed by atoms with Crippen molar-refractivity contribution in [1.82, 2.24) is 4.98 Å². The van der Waals surface area contributed by atoms with Crippen molar-refractivity contribution < 1.29 is 22.7 Å². The van der Waals surface area contributed by atoms with Crippen LogP contribution < -0.4 is 10.4 Å². The molecule has 1 saturated heterocycles. The average molecular weight is 680 g/mol. The predicted molar refractivity (Wildman–Crippen MR) is 197 cm³/mol. The summed E-state index contributed by atoms with van der Waals surface area (Å²) in [5, 5.41) is 11.8. The summed E-state index contributed by atoms with van der Waals surface area (Å²) < 4.78 is 40.6. The molecule has 0 spiro atoms. The van der Waals surface area contributed by atoms with E-state index >= 15 is 0 Å². The number of ether oxygens (including phenoxy) is 1. The first-order chi connectivity index (χ1) is 22.9. The SMILES string of the molecule is Cc1cc(/C=C(/CC[C@H]2OC[C@H]3C2=C(CO[Si](c2ccccc2)(c2ccccc2)C(C)(C)C)CS3(=O)=O)c2ccccn2)cc(C)c1O. The standard InChI is InChI=1S/C40H45NO5SSi/c1-28-22-30(23-29(2)39(28)42)24-31(35-18-12-13-21-41-35)19-20-36-38-32(27-47(43,44)37(38)26-45-36)25-46-48(40(3,4)5,33-14-8-6-9-15-33)34-16-10-7-11-17-34/h6-18,21-24,36-37,42H,19-20,25-27H2,1-5H3/b31-24-/t36-,37+/m1/s1. The third-order valence-corrected chi connectivity index (χ3v) is 16.8. The Morgan fingerprint density at radius 2 is 1.56 bits per heavy atom. The largest absolute Gasteiger partial charge is 0.507 e. The van der Waals surface area contributed by atoms with E-state index in [2.05, 4.69) is 80.4 Å². The smallest absolute Gasteiger partial charge is 0.261 e. The van der Waals surface area contributed by atoms with Crippen LogP contribution in [0.3, 0.4) is 0 Å². The number of phenolic OH excluding ortho intramolecular Hbond substituents is 1. The second-order valence-electron chi connectivity index (χ2n) is 14.1. The number of benzene rings is 3. The zero-order valence-corrected chi connectivity index (χ0v) is 30.3. The molecule has 1 aromatic heterocycles. The Balaban J connectivity index is 1.34. The van der Waals surface area contributed by atoms with Crippen LogP contribution in [0.25, 0.3) is 11.6 Å². The van der Waals surface area contributed by atoms with Gasteiger partial charge in [0, 0.05) is 6.20 Å². The lowest BCUT2D eigenvalue weighted by atomic mass is 9.95. The maximum absolute atomic E-state index is 13.5. The summed E-state index contributed by atoms with van der Waals surface area (Å²) in [7, 11) is -6.28. The van der Waals surface area contributed by atoms with Crippen molar-refractivity contribution >= 4 is 40.2 Å². The zero-order chi connectivity index (χ0) is 34.1. The van der Waals surface area contributed by atoms with Gasteiger partial charge in [-0.1, -0.05) is 87.5 Å². The molecule has 250 valence electrons. The zero-order valence-electron chi connectivity index (χ0n) is 28.4. The van der Waals surface area contributed by atoms with E-state index in [1.807, 2.05) is 56.3 Å². The molecule has 6 rings (SSSR count). The van der Waals surface area contributed by atoms with E-state index in [4.69, 9.17) is 9.16 Å². The maximum Gasteiger partial charge on any atom is 0.261 e. The highest BCUT2D eigenvalue weighted by Crippen LogP contribution is 2.42. The maximum atomic E-state index is 13.5. The molecule has 2 aliphatic rings. The molecule has 0 amide bonds. The molecule has 3 heterocycles. The number of hydrogen-bond acceptors (Lipinski definition) is 6. The summed E-state index contributed by atoms with van der Waals surface area (Å²) in [6.45, 7) is 10.9. The van der Waals surface area contributed by atoms with Gasteiger partial charge in [-0.05, 0) is 106 Å². The number of rotatable bonds is 10. The number of phenols is 1. The van der Waals surface area contributed by atoms with Gasteiger partial charge in [-0.3, -0.25) is 4.98 Å². The molecule has 2 aliphatic heterocycles. The summed E-state index contributed by atoms with van der Waals surface area (Å²) >= 11 is 0. The van der Waals surface area contributed by atoms with Crippen LogP contribution >= 0.6 is 0 Å². The molecule has 3 aromatic carbocycles. The van der Waals surface area contributed by atoms with Gasteiger partial charge in [0.05, 0.1) is 30.8 Å². The molecule has 0 saturated carbocycles. The summed E-state index contributed by atoms with van der Waals surface area (Å²) in [6, 6.07) is 30.7. The normalized spacial score (nSPS) is 19.5. The third-order valence-electron chi connectivity index (χ3n) is 9.76. The number of nitrogens with zero attached hydrogens (tertiary/aromatic N) is 1. The van der Waals surface area contributed by atoms with Crippen LogP contribution in [0.4, 0.5) is 0 Å². The Kier molecular flexibility index (Phi) is 9.64. The van der Waals surface area contributed by atoms with E-state index in [9.17, 15) is 13.5 Å². The fourth-order valence-corrected chi connectivity index (χ4v) is 14.0. The van der Waals surface area contributed by atoms with Gasteiger partial charge >= 0.3 is 0 Å². The molecule has 0 bridgehead atoms. The first kappa shape index (κ1) is 34.1. The van der Waals surface area contributed by atoms with Gasteiger partial charge in [-0.25, -0.2) is 8.42 Å². The number of aromatic hydroxyl groups is 1. The molecule has 2 atom stereocenters. The van der Waals surface area contributed by atoms with E-state index in [-0.39, 0.29) is 30.1 Å². The van der Waals surface area contributed by atoms with E-state index in [0.717, 1.165) is 49.5 Å². The molecule has 1 N–H and O–H groups in total. The number of hydrogen-bond donors (Lipinski definition) is 1. The number of aryl methyl sites for hydroxylation is 2. The van der Waals surface area contributed by atoms with Crippen molar-refractivity contribution in [2.24, 2.45) is 0 Å². The van der Waals surface area contributed by atoms with Gasteiger partial charge in [0.2, 0.25) is 0 Å². The molecule has 4 aromatic rings. The number of sulfone groups is 1. The number of pyridine rings is 1. The van der Waals surface area contributed by atoms with Gasteiger partial charge in [-0.2, -0.15) is 0 Å². The van der Waals surface area contributed by atoms with Crippen molar-refractivity contribution in [1.29, 1.82) is 0 Å². The van der Waals surface area contributed by atoms with Crippen LogP contribution in [-0.4, -0.2) is 57.1 Å². The predicted octanol–water partition coefficient (Wildman–Crippen LogP) is 6.79. The Hall–Kier alpha value is -3.82. The van der Waals surface area contributed by atoms with Gasteiger partial charge < -0.3 is 14.3 Å². The molecular weight excluding hydrogens is 635 g/mol. The quantitative estimate of drug-likeness (QED) is 0.147. The monoisotopic (exact) mass is 679 g/mol. The van der Waals surface area contributed by atoms with Crippen LogP contribution in [0.2, 0.25) is 5.04 Å². The van der Waals surface area contributed by atoms with Gasteiger partial charge in [0.1, 0.15) is 11.0 Å². The third kappa shape index (κ3) is 6.59. The Labute approximate surface area is 286 Å². The lowest BCUT2D eigenvalue weighted by Crippen LogP contribution is -2.66. The fraction of sp³-hybridized carbons (Fsp3) is 0.325. The molecule has 0 aliphatic carbocycles. The Morgan fingerprint density at radius 3 is 2.12 bits per heavy atom. The molecule has 0 radical (unpaired) electrons. The van der Waals surface area contributed by atoms with Crippen LogP contribution in [0, 0.1) is 13.8 Å². The fourth-order valence-electron chi connectivity index (χ4n) is 7.48. The minimum atomic E-state index is -3.41. The second kappa shape index (κ2) is 13.6. The highest BCUT2D eigenvalue weighted by molar-refractivity contribution is 7.92. The highest BCUT2D eigenvalue weighted by atomic mass is 32.2. The Morgan fingerprint density at radius 1 is 0.958 bits per heavy atom. The summed E-state index contributed by atoms with van der Waals surface area (Å²) in [4.78, 5) is 4.64. The van der Waals surface area contributed by atoms with Crippen molar-refractivity contribution in [2.75, 3.05) is 19.0 Å². The van der Waals surface area contributed by atoms with Gasteiger partial charge in [-0.15, -0.1) is 0 Å². The van der Waals surface area contributed by atoms with Crippen LogP contribution in [0.15, 0.2) is 108 Å². The van der Waals surface area contributed by atoms with Gasteiger partial charge in [0.25, 0.3) is 8.32 Å². The van der Waals surface area contributed by atoms with Crippen LogP contribution in [-0.2, 0) is 19.0 Å². The Bertz CT molecular complexity index is 1870. The van der Waals surface area contributed by atoms with Crippen molar-refractivity contribution in [3.05, 3.63) is 131 Å². The van der Waals surface area contributed by atoms with E-state index in [0.29, 0.717) is 18.6 Å². The van der Waals surface area contributed by atoms with Gasteiger partial charge in [0.15, 0.2) is 9.84 Å². The van der Waals surface area contributed by atoms with E-state index < -0.39 is 23.4 Å². The lowest BCUT2D eigenvalue weighted by molar-refractivity contribution is 0.118. The molecule has 48 heavy (non-hydrogen) atoms. The average Bonchev–Trinajstić information content (AvgIpc) is 3.61. The van der Waals surface area contributed by atoms with E-state index in [1.54, 1.807) is 6.20 Å². The van der Waals surface area contributed by atoms with Crippen molar-refractivity contribution in [3.63, 3.8) is 0 Å². The van der Waals surface area contributed by atoms with Crippen LogP contribution in [0.1, 0.15) is 56.0 Å². The molecule has 1 fully saturated rings. The topological polar surface area (TPSA) is 85.7 Å². The summed E-state index contributed by atoms with van der Waals surface area (Å²) in [5.74, 6) is 0.305. The minimum absolute atomic E-state index is 0.0000611. The van der Waals surface area contributed by atoms with Crippen LogP contribution in [0.5, 0.6) is 5.75 Å². The molecular formula is C40H45NO5SSi. The van der Waals surface area contributed by atoms with E-state index in [1.165, 1.54) is 0 Å². The lowest BCUT2D eigenvalue weighted by Gasteiger charge is -2.43. The number of aromatic nitrogens is 1. The van der Waals surface area contributed by atoms with Crippen molar-refractivity contribution in [3.8, 4) is 5.75 Å². The number of fused-ring (bicyclic) bond motifs is 1. The summed E-state index contributed by atoms with van der Waals surface area (Å²) in [6.07, 6.45) is 4.81. The molecule has 0 unspecified atom stereocenters. The minimum Gasteiger partial charge on any atom is -0.507 e. The van der Waals surface area contributed by atoms with Crippen molar-refractivity contribution in [2.45, 2.75) is 63.9 Å². The summed E-state index contributed by atoms with van der Waals surface area (Å²) in [5.41, 5.74) is 6.22.